The van der Waals surface area contributed by atoms with Gasteiger partial charge in [0.05, 0.1) is 6.20 Å². The fourth-order valence-electron chi connectivity index (χ4n) is 3.52. The van der Waals surface area contributed by atoms with Crippen molar-refractivity contribution in [2.45, 2.75) is 57.8 Å². The molecule has 1 atom stereocenters. The molecule has 31 heavy (non-hydrogen) atoms. The van der Waals surface area contributed by atoms with Gasteiger partial charge in [0, 0.05) is 38.5 Å². The summed E-state index contributed by atoms with van der Waals surface area (Å²) in [5, 5.41) is 2.78. The Morgan fingerprint density at radius 1 is 1.13 bits per heavy atom. The molecule has 0 spiro atoms. The van der Waals surface area contributed by atoms with Crippen molar-refractivity contribution in [1.29, 1.82) is 0 Å². The number of hydrogen-bond donors (Lipinski definition) is 1. The van der Waals surface area contributed by atoms with Crippen LogP contribution in [-0.2, 0) is 16.0 Å². The van der Waals surface area contributed by atoms with Crippen LogP contribution >= 0.6 is 0 Å². The summed E-state index contributed by atoms with van der Waals surface area (Å²) in [4.78, 5) is 31.5. The quantitative estimate of drug-likeness (QED) is 0.765. The van der Waals surface area contributed by atoms with E-state index >= 15 is 0 Å². The van der Waals surface area contributed by atoms with Crippen LogP contribution in [0.3, 0.4) is 0 Å². The fourth-order valence-corrected chi connectivity index (χ4v) is 3.52. The van der Waals surface area contributed by atoms with E-state index in [1.807, 2.05) is 42.5 Å². The number of nitrogens with one attached hydrogen (secondary N) is 1. The van der Waals surface area contributed by atoms with Crippen LogP contribution < -0.4 is 10.1 Å². The monoisotopic (exact) mass is 425 g/mol. The van der Waals surface area contributed by atoms with Crippen molar-refractivity contribution in [3.05, 3.63) is 60.4 Å². The standard InChI is InChI=1S/C24H31N3O4/c1-24(2,3)31-23(29)26-21(16-18-8-5-4-6-9-18)22(28)27-14-11-19(12-15-27)30-20-10-7-13-25-17-20/h4-10,13,17,19,21H,11-12,14-16H2,1-3H3,(H,26,29)/t21-/m0/s1. The van der Waals surface area contributed by atoms with Gasteiger partial charge < -0.3 is 19.7 Å². The number of piperidine rings is 1. The van der Waals surface area contributed by atoms with Crippen molar-refractivity contribution in [2.24, 2.45) is 0 Å². The number of likely N-dealkylation sites (tertiary alicyclic amines) is 1. The normalized spacial score (nSPS) is 15.8. The Labute approximate surface area is 183 Å². The smallest absolute Gasteiger partial charge is 0.408 e. The number of nitrogens with zero attached hydrogens (tertiary/aromatic N) is 2. The second-order valence-electron chi connectivity index (χ2n) is 8.72. The van der Waals surface area contributed by atoms with Gasteiger partial charge in [0.2, 0.25) is 5.91 Å². The number of hydrogen-bond acceptors (Lipinski definition) is 5. The van der Waals surface area contributed by atoms with E-state index in [0.29, 0.717) is 19.5 Å². The molecule has 166 valence electrons. The second kappa shape index (κ2) is 10.3. The first-order valence-corrected chi connectivity index (χ1v) is 10.7. The lowest BCUT2D eigenvalue weighted by atomic mass is 10.0. The van der Waals surface area contributed by atoms with Crippen LogP contribution in [0, 0.1) is 0 Å². The van der Waals surface area contributed by atoms with Crippen LogP contribution in [0.15, 0.2) is 54.9 Å². The topological polar surface area (TPSA) is 80.8 Å². The largest absolute Gasteiger partial charge is 0.489 e. The van der Waals surface area contributed by atoms with Gasteiger partial charge >= 0.3 is 6.09 Å². The van der Waals surface area contributed by atoms with Crippen LogP contribution in [0.2, 0.25) is 0 Å². The number of alkyl carbamates (subject to hydrolysis) is 1. The Morgan fingerprint density at radius 2 is 1.84 bits per heavy atom. The average molecular weight is 426 g/mol. The summed E-state index contributed by atoms with van der Waals surface area (Å²) in [6.45, 7) is 6.55. The number of ether oxygens (including phenoxy) is 2. The van der Waals surface area contributed by atoms with E-state index in [2.05, 4.69) is 10.3 Å². The molecule has 1 aliphatic rings. The molecule has 1 saturated heterocycles. The molecule has 1 aromatic heterocycles. The number of pyridine rings is 1. The fraction of sp³-hybridized carbons (Fsp3) is 0.458. The van der Waals surface area contributed by atoms with Crippen LogP contribution in [0.5, 0.6) is 5.75 Å². The van der Waals surface area contributed by atoms with Crippen molar-refractivity contribution < 1.29 is 19.1 Å². The third-order valence-corrected chi connectivity index (χ3v) is 4.96. The van der Waals surface area contributed by atoms with Crippen molar-refractivity contribution >= 4 is 12.0 Å². The van der Waals surface area contributed by atoms with Crippen LogP contribution in [0.1, 0.15) is 39.2 Å². The molecule has 0 bridgehead atoms. The van der Waals surface area contributed by atoms with Crippen molar-refractivity contribution in [1.82, 2.24) is 15.2 Å². The van der Waals surface area contributed by atoms with Crippen LogP contribution in [-0.4, -0.2) is 52.7 Å². The molecule has 2 aromatic rings. The molecule has 1 aromatic carbocycles. The Kier molecular flexibility index (Phi) is 7.50. The molecular weight excluding hydrogens is 394 g/mol. The Morgan fingerprint density at radius 3 is 2.45 bits per heavy atom. The average Bonchev–Trinajstić information content (AvgIpc) is 2.73. The maximum absolute atomic E-state index is 13.3. The molecule has 2 heterocycles. The highest BCUT2D eigenvalue weighted by Gasteiger charge is 2.31. The van der Waals surface area contributed by atoms with E-state index in [4.69, 9.17) is 9.47 Å². The Hall–Kier alpha value is -3.09. The first-order valence-electron chi connectivity index (χ1n) is 10.7. The SMILES string of the molecule is CC(C)(C)OC(=O)N[C@@H](Cc1ccccc1)C(=O)N1CCC(Oc2cccnc2)CC1. The Bertz CT molecular complexity index is 844. The van der Waals surface area contributed by atoms with Crippen molar-refractivity contribution in [3.63, 3.8) is 0 Å². The zero-order valence-electron chi connectivity index (χ0n) is 18.4. The number of benzene rings is 1. The third-order valence-electron chi connectivity index (χ3n) is 4.96. The summed E-state index contributed by atoms with van der Waals surface area (Å²) in [7, 11) is 0. The van der Waals surface area contributed by atoms with E-state index in [1.54, 1.807) is 38.1 Å². The molecule has 0 aliphatic carbocycles. The lowest BCUT2D eigenvalue weighted by molar-refractivity contribution is -0.135. The lowest BCUT2D eigenvalue weighted by Gasteiger charge is -2.34. The summed E-state index contributed by atoms with van der Waals surface area (Å²) in [6.07, 6.45) is 4.72. The van der Waals surface area contributed by atoms with Gasteiger partial charge in [0.1, 0.15) is 23.5 Å². The van der Waals surface area contributed by atoms with E-state index < -0.39 is 17.7 Å². The van der Waals surface area contributed by atoms with Crippen LogP contribution in [0.4, 0.5) is 4.79 Å². The lowest BCUT2D eigenvalue weighted by Crippen LogP contribution is -2.53. The maximum Gasteiger partial charge on any atom is 0.408 e. The third kappa shape index (κ3) is 7.27. The van der Waals surface area contributed by atoms with E-state index in [-0.39, 0.29) is 12.0 Å². The number of carbonyl (C=O) groups is 2. The highest BCUT2D eigenvalue weighted by atomic mass is 16.6. The minimum absolute atomic E-state index is 0.0413. The molecule has 1 N–H and O–H groups in total. The highest BCUT2D eigenvalue weighted by Crippen LogP contribution is 2.19. The molecule has 0 radical (unpaired) electrons. The molecule has 2 amide bonds. The molecule has 1 fully saturated rings. The number of rotatable bonds is 6. The number of amides is 2. The van der Waals surface area contributed by atoms with E-state index in [1.165, 1.54) is 0 Å². The Balaban J connectivity index is 1.61. The first-order chi connectivity index (χ1) is 14.8. The van der Waals surface area contributed by atoms with Gasteiger partial charge in [0.25, 0.3) is 0 Å². The predicted molar refractivity (Wildman–Crippen MR) is 118 cm³/mol. The summed E-state index contributed by atoms with van der Waals surface area (Å²) < 4.78 is 11.3. The molecular formula is C24H31N3O4. The minimum Gasteiger partial charge on any atom is -0.489 e. The summed E-state index contributed by atoms with van der Waals surface area (Å²) >= 11 is 0. The molecule has 1 aliphatic heterocycles. The number of aromatic nitrogens is 1. The van der Waals surface area contributed by atoms with Gasteiger partial charge in [-0.05, 0) is 38.5 Å². The molecule has 7 heteroatoms. The molecule has 7 nitrogen and oxygen atoms in total. The number of carbonyl (C=O) groups excluding carboxylic acids is 2. The van der Waals surface area contributed by atoms with Crippen LogP contribution in [0.25, 0.3) is 0 Å². The van der Waals surface area contributed by atoms with Crippen molar-refractivity contribution in [3.8, 4) is 5.75 Å². The zero-order chi connectivity index (χ0) is 22.3. The van der Waals surface area contributed by atoms with Gasteiger partial charge in [-0.25, -0.2) is 4.79 Å². The molecule has 0 saturated carbocycles. The van der Waals surface area contributed by atoms with E-state index in [0.717, 1.165) is 24.2 Å². The zero-order valence-corrected chi connectivity index (χ0v) is 18.4. The summed E-state index contributed by atoms with van der Waals surface area (Å²) in [6, 6.07) is 12.7. The highest BCUT2D eigenvalue weighted by molar-refractivity contribution is 5.86. The summed E-state index contributed by atoms with van der Waals surface area (Å²) in [5.41, 5.74) is 0.346. The second-order valence-corrected chi connectivity index (χ2v) is 8.72. The van der Waals surface area contributed by atoms with Gasteiger partial charge in [-0.2, -0.15) is 0 Å². The maximum atomic E-state index is 13.3. The van der Waals surface area contributed by atoms with Gasteiger partial charge in [-0.3, -0.25) is 9.78 Å². The molecule has 0 unspecified atom stereocenters. The van der Waals surface area contributed by atoms with Crippen molar-refractivity contribution in [2.75, 3.05) is 13.1 Å². The van der Waals surface area contributed by atoms with Gasteiger partial charge in [-0.15, -0.1) is 0 Å². The van der Waals surface area contributed by atoms with Gasteiger partial charge in [0.15, 0.2) is 0 Å². The van der Waals surface area contributed by atoms with Gasteiger partial charge in [-0.1, -0.05) is 30.3 Å². The summed E-state index contributed by atoms with van der Waals surface area (Å²) in [5.74, 6) is 0.635. The molecule has 3 rings (SSSR count). The predicted octanol–water partition coefficient (Wildman–Crippen LogP) is 3.59. The first kappa shape index (κ1) is 22.6. The van der Waals surface area contributed by atoms with E-state index in [9.17, 15) is 9.59 Å². The minimum atomic E-state index is -0.687.